The number of fused-ring (bicyclic) bond motifs is 1. The average molecular weight is 300 g/mol. The van der Waals surface area contributed by atoms with Crippen LogP contribution in [0.25, 0.3) is 5.70 Å². The molecule has 1 heterocycles. The summed E-state index contributed by atoms with van der Waals surface area (Å²) in [7, 11) is 0. The van der Waals surface area contributed by atoms with Gasteiger partial charge in [-0.1, -0.05) is 24.8 Å². The zero-order valence-corrected chi connectivity index (χ0v) is 12.0. The van der Waals surface area contributed by atoms with Gasteiger partial charge in [-0.05, 0) is 18.9 Å². The molecule has 2 aliphatic rings. The summed E-state index contributed by atoms with van der Waals surface area (Å²) in [6, 6.07) is 7.06. The Kier molecular flexibility index (Phi) is 3.24. The van der Waals surface area contributed by atoms with E-state index in [2.05, 4.69) is 11.9 Å². The molecule has 1 fully saturated rings. The molecule has 1 saturated carbocycles. The van der Waals surface area contributed by atoms with E-state index in [0.717, 1.165) is 5.56 Å². The smallest absolute Gasteiger partial charge is 0.311 e. The molecule has 0 unspecified atom stereocenters. The Morgan fingerprint density at radius 2 is 1.91 bits per heavy atom. The van der Waals surface area contributed by atoms with Gasteiger partial charge in [-0.2, -0.15) is 0 Å². The highest BCUT2D eigenvalue weighted by Crippen LogP contribution is 2.45. The van der Waals surface area contributed by atoms with Crippen LogP contribution in [0.1, 0.15) is 28.8 Å². The first-order valence-electron chi connectivity index (χ1n) is 7.05. The molecule has 3 rings (SSSR count). The van der Waals surface area contributed by atoms with Crippen molar-refractivity contribution in [2.45, 2.75) is 12.8 Å². The molecule has 0 atom stereocenters. The molecule has 1 aliphatic carbocycles. The molecule has 0 bridgehead atoms. The Morgan fingerprint density at radius 3 is 2.45 bits per heavy atom. The zero-order chi connectivity index (χ0) is 15.9. The quantitative estimate of drug-likeness (QED) is 0.852. The van der Waals surface area contributed by atoms with E-state index >= 15 is 0 Å². The summed E-state index contributed by atoms with van der Waals surface area (Å²) in [5, 5.41) is 11.7. The lowest BCUT2D eigenvalue weighted by Crippen LogP contribution is -2.40. The van der Waals surface area contributed by atoms with Crippen molar-refractivity contribution in [2.75, 3.05) is 13.1 Å². The van der Waals surface area contributed by atoms with Crippen LogP contribution in [0.5, 0.6) is 0 Å². The molecule has 0 radical (unpaired) electrons. The highest BCUT2D eigenvalue weighted by molar-refractivity contribution is 6.10. The van der Waals surface area contributed by atoms with Crippen LogP contribution in [-0.4, -0.2) is 40.9 Å². The lowest BCUT2D eigenvalue weighted by atomic mass is 10.1. The Morgan fingerprint density at radius 1 is 1.27 bits per heavy atom. The average Bonchev–Trinajstić information content (AvgIpc) is 3.26. The van der Waals surface area contributed by atoms with Crippen LogP contribution in [0.15, 0.2) is 30.8 Å². The number of amides is 2. The third-order valence-electron chi connectivity index (χ3n) is 4.27. The van der Waals surface area contributed by atoms with E-state index in [9.17, 15) is 14.4 Å². The van der Waals surface area contributed by atoms with Crippen molar-refractivity contribution in [3.8, 4) is 0 Å². The summed E-state index contributed by atoms with van der Waals surface area (Å²) in [5.41, 5.74) is 0.939. The number of nitrogens with one attached hydrogen (secondary N) is 1. The second-order valence-electron chi connectivity index (χ2n) is 5.75. The molecule has 1 aromatic carbocycles. The van der Waals surface area contributed by atoms with Crippen LogP contribution in [0, 0.1) is 5.41 Å². The Labute approximate surface area is 127 Å². The lowest BCUT2D eigenvalue weighted by Gasteiger charge is -2.18. The van der Waals surface area contributed by atoms with Gasteiger partial charge in [-0.15, -0.1) is 0 Å². The number of rotatable bonds is 5. The summed E-state index contributed by atoms with van der Waals surface area (Å²) in [6.45, 7) is 3.81. The number of carbonyl (C=O) groups is 3. The number of aliphatic carboxylic acids is 1. The molecular formula is C16H16N2O4. The first-order chi connectivity index (χ1) is 10.4. The summed E-state index contributed by atoms with van der Waals surface area (Å²) >= 11 is 0. The molecule has 6 heteroatoms. The van der Waals surface area contributed by atoms with Crippen LogP contribution in [-0.2, 0) is 9.59 Å². The first-order valence-corrected chi connectivity index (χ1v) is 7.05. The highest BCUT2D eigenvalue weighted by Gasteiger charge is 2.50. The van der Waals surface area contributed by atoms with Crippen molar-refractivity contribution in [1.82, 2.24) is 10.2 Å². The van der Waals surface area contributed by atoms with Gasteiger partial charge in [0.2, 0.25) is 5.91 Å². The maximum atomic E-state index is 12.3. The molecule has 0 spiro atoms. The number of benzene rings is 1. The molecule has 22 heavy (non-hydrogen) atoms. The van der Waals surface area contributed by atoms with Crippen molar-refractivity contribution in [2.24, 2.45) is 5.41 Å². The first kappa shape index (κ1) is 14.3. The van der Waals surface area contributed by atoms with Crippen molar-refractivity contribution in [1.29, 1.82) is 0 Å². The minimum absolute atomic E-state index is 0.0998. The van der Waals surface area contributed by atoms with Gasteiger partial charge in [0.25, 0.3) is 5.91 Å². The number of hydrogen-bond donors (Lipinski definition) is 2. The monoisotopic (exact) mass is 300 g/mol. The number of hydrogen-bond acceptors (Lipinski definition) is 3. The molecule has 6 nitrogen and oxygen atoms in total. The van der Waals surface area contributed by atoms with Crippen LogP contribution in [0.2, 0.25) is 0 Å². The van der Waals surface area contributed by atoms with Crippen LogP contribution in [0.3, 0.4) is 0 Å². The SMILES string of the molecule is C=C1c2ccccc2C(=O)N1CC(=O)NCC1(C(=O)O)CC1. The fourth-order valence-corrected chi connectivity index (χ4v) is 2.59. The van der Waals surface area contributed by atoms with E-state index in [-0.39, 0.29) is 24.9 Å². The minimum Gasteiger partial charge on any atom is -0.481 e. The fourth-order valence-electron chi connectivity index (χ4n) is 2.59. The third kappa shape index (κ3) is 2.26. The van der Waals surface area contributed by atoms with E-state index in [4.69, 9.17) is 5.11 Å². The van der Waals surface area contributed by atoms with Gasteiger partial charge in [-0.25, -0.2) is 0 Å². The molecule has 2 amide bonds. The Bertz CT molecular complexity index is 656. The van der Waals surface area contributed by atoms with Crippen molar-refractivity contribution in [3.63, 3.8) is 0 Å². The molecular weight excluding hydrogens is 284 g/mol. The molecule has 1 aliphatic heterocycles. The van der Waals surface area contributed by atoms with Crippen LogP contribution in [0.4, 0.5) is 0 Å². The topological polar surface area (TPSA) is 86.7 Å². The number of carbonyl (C=O) groups excluding carboxylic acids is 2. The van der Waals surface area contributed by atoms with Gasteiger partial charge >= 0.3 is 5.97 Å². The largest absolute Gasteiger partial charge is 0.481 e. The summed E-state index contributed by atoms with van der Waals surface area (Å²) in [4.78, 5) is 36.6. The van der Waals surface area contributed by atoms with Gasteiger partial charge in [0.1, 0.15) is 6.54 Å². The maximum absolute atomic E-state index is 12.3. The van der Waals surface area contributed by atoms with Gasteiger partial charge in [0.15, 0.2) is 0 Å². The molecule has 0 saturated heterocycles. The standard InChI is InChI=1S/C16H16N2O4/c1-10-11-4-2-3-5-12(11)14(20)18(10)8-13(19)17-9-16(6-7-16)15(21)22/h2-5H,1,6-9H2,(H,17,19)(H,21,22). The van der Waals surface area contributed by atoms with Crippen molar-refractivity contribution < 1.29 is 19.5 Å². The van der Waals surface area contributed by atoms with E-state index in [0.29, 0.717) is 24.1 Å². The van der Waals surface area contributed by atoms with Gasteiger partial charge in [-0.3, -0.25) is 19.3 Å². The van der Waals surface area contributed by atoms with Gasteiger partial charge < -0.3 is 10.4 Å². The second-order valence-corrected chi connectivity index (χ2v) is 5.75. The van der Waals surface area contributed by atoms with E-state index in [1.807, 2.05) is 6.07 Å². The van der Waals surface area contributed by atoms with Gasteiger partial charge in [0, 0.05) is 23.4 Å². The van der Waals surface area contributed by atoms with Crippen LogP contribution >= 0.6 is 0 Å². The predicted octanol–water partition coefficient (Wildman–Crippen LogP) is 1.09. The molecule has 0 aromatic heterocycles. The Hall–Kier alpha value is -2.63. The highest BCUT2D eigenvalue weighted by atomic mass is 16.4. The van der Waals surface area contributed by atoms with E-state index in [1.165, 1.54) is 4.90 Å². The van der Waals surface area contributed by atoms with Crippen molar-refractivity contribution in [3.05, 3.63) is 42.0 Å². The zero-order valence-electron chi connectivity index (χ0n) is 12.0. The van der Waals surface area contributed by atoms with Crippen molar-refractivity contribution >= 4 is 23.5 Å². The number of nitrogens with zero attached hydrogens (tertiary/aromatic N) is 1. The summed E-state index contributed by atoms with van der Waals surface area (Å²) in [5.74, 6) is -1.52. The normalized spacial score (nSPS) is 18.1. The third-order valence-corrected chi connectivity index (χ3v) is 4.27. The second kappa shape index (κ2) is 4.98. The minimum atomic E-state index is -0.887. The number of carboxylic acid groups (broad SMARTS) is 1. The molecule has 2 N–H and O–H groups in total. The Balaban J connectivity index is 1.62. The van der Waals surface area contributed by atoms with E-state index in [1.54, 1.807) is 18.2 Å². The predicted molar refractivity (Wildman–Crippen MR) is 78.8 cm³/mol. The maximum Gasteiger partial charge on any atom is 0.311 e. The number of carboxylic acids is 1. The lowest BCUT2D eigenvalue weighted by molar-refractivity contribution is -0.143. The van der Waals surface area contributed by atoms with Gasteiger partial charge in [0.05, 0.1) is 5.41 Å². The fraction of sp³-hybridized carbons (Fsp3) is 0.312. The molecule has 114 valence electrons. The molecule has 1 aromatic rings. The van der Waals surface area contributed by atoms with E-state index < -0.39 is 11.4 Å². The summed E-state index contributed by atoms with van der Waals surface area (Å²) in [6.07, 6.45) is 1.15. The van der Waals surface area contributed by atoms with Crippen LogP contribution < -0.4 is 5.32 Å². The summed E-state index contributed by atoms with van der Waals surface area (Å²) < 4.78 is 0.